The molecule has 1 saturated carbocycles. The lowest BCUT2D eigenvalue weighted by Gasteiger charge is -2.22. The second-order valence-corrected chi connectivity index (χ2v) is 9.08. The van der Waals surface area contributed by atoms with E-state index in [0.29, 0.717) is 22.9 Å². The van der Waals surface area contributed by atoms with E-state index in [0.717, 1.165) is 23.5 Å². The third-order valence-corrected chi connectivity index (χ3v) is 6.65. The third-order valence-electron chi connectivity index (χ3n) is 4.59. The van der Waals surface area contributed by atoms with E-state index in [2.05, 4.69) is 6.08 Å². The van der Waals surface area contributed by atoms with Crippen molar-refractivity contribution in [1.29, 1.82) is 0 Å². The van der Waals surface area contributed by atoms with Crippen LogP contribution in [0.1, 0.15) is 32.1 Å². The molecule has 0 heterocycles. The lowest BCUT2D eigenvalue weighted by Crippen LogP contribution is -2.22. The van der Waals surface area contributed by atoms with Gasteiger partial charge in [0.05, 0.1) is 6.10 Å². The summed E-state index contributed by atoms with van der Waals surface area (Å²) in [6.45, 7) is 0. The van der Waals surface area contributed by atoms with Crippen molar-refractivity contribution >= 4 is 52.5 Å². The lowest BCUT2D eigenvalue weighted by atomic mass is 9.93. The molecule has 26 heavy (non-hydrogen) atoms. The molecule has 0 aromatic heterocycles. The molecule has 0 saturated heterocycles. The largest absolute Gasteiger partial charge is 0.481 e. The van der Waals surface area contributed by atoms with Crippen LogP contribution in [0.3, 0.4) is 0 Å². The van der Waals surface area contributed by atoms with Crippen LogP contribution in [-0.4, -0.2) is 33.4 Å². The number of carboxylic acids is 1. The van der Waals surface area contributed by atoms with Crippen LogP contribution in [0.5, 0.6) is 0 Å². The maximum Gasteiger partial charge on any atom is 0.303 e. The second-order valence-electron chi connectivity index (χ2n) is 6.56. The van der Waals surface area contributed by atoms with Gasteiger partial charge in [-0.15, -0.1) is 23.4 Å². The predicted octanol–water partition coefficient (Wildman–Crippen LogP) is 5.89. The Morgan fingerprint density at radius 1 is 1.19 bits per heavy atom. The van der Waals surface area contributed by atoms with Crippen molar-refractivity contribution in [2.45, 2.75) is 48.5 Å². The molecule has 1 aliphatic carbocycles. The number of hydrogen-bond donors (Lipinski definition) is 2. The average molecular weight is 438 g/mol. The maximum absolute atomic E-state index is 10.5. The smallest absolute Gasteiger partial charge is 0.303 e. The number of benzene rings is 1. The summed E-state index contributed by atoms with van der Waals surface area (Å²) in [6.07, 6.45) is 6.62. The van der Waals surface area contributed by atoms with Crippen molar-refractivity contribution < 1.29 is 15.0 Å². The Morgan fingerprint density at radius 3 is 2.54 bits per heavy atom. The highest BCUT2D eigenvalue weighted by Crippen LogP contribution is 2.41. The number of halogens is 3. The highest BCUT2D eigenvalue weighted by atomic mass is 35.5. The molecule has 0 unspecified atom stereocenters. The summed E-state index contributed by atoms with van der Waals surface area (Å²) in [5.41, 5.74) is 0. The number of aliphatic hydroxyl groups excluding tert-OH is 1. The normalized spacial score (nSPS) is 25.8. The van der Waals surface area contributed by atoms with E-state index in [1.54, 1.807) is 17.8 Å². The van der Waals surface area contributed by atoms with Crippen molar-refractivity contribution in [2.75, 3.05) is 5.75 Å². The van der Waals surface area contributed by atoms with Crippen molar-refractivity contribution in [2.24, 2.45) is 11.8 Å². The number of allylic oxidation sites excluding steroid dienone is 2. The fourth-order valence-electron chi connectivity index (χ4n) is 3.24. The summed E-state index contributed by atoms with van der Waals surface area (Å²) in [7, 11) is 0. The Labute approximate surface area is 173 Å². The monoisotopic (exact) mass is 436 g/mol. The molecule has 3 nitrogen and oxygen atoms in total. The summed E-state index contributed by atoms with van der Waals surface area (Å²) in [5, 5.41) is 20.2. The molecule has 1 aromatic rings. The van der Waals surface area contributed by atoms with E-state index >= 15 is 0 Å². The van der Waals surface area contributed by atoms with Crippen molar-refractivity contribution in [3.63, 3.8) is 0 Å². The van der Waals surface area contributed by atoms with Gasteiger partial charge in [0.15, 0.2) is 0 Å². The van der Waals surface area contributed by atoms with Crippen LogP contribution in [0.4, 0.5) is 0 Å². The van der Waals surface area contributed by atoms with Crippen molar-refractivity contribution in [3.8, 4) is 0 Å². The van der Waals surface area contributed by atoms with Crippen LogP contribution >= 0.6 is 46.6 Å². The van der Waals surface area contributed by atoms with Crippen molar-refractivity contribution in [1.82, 2.24) is 0 Å². The number of aliphatic hydroxyl groups is 1. The topological polar surface area (TPSA) is 57.5 Å². The zero-order valence-corrected chi connectivity index (χ0v) is 17.4. The first kappa shape index (κ1) is 21.9. The van der Waals surface area contributed by atoms with Crippen LogP contribution in [0.2, 0.25) is 10.0 Å². The molecule has 144 valence electrons. The van der Waals surface area contributed by atoms with E-state index in [4.69, 9.17) is 39.9 Å². The Morgan fingerprint density at radius 2 is 1.88 bits per heavy atom. The molecular formula is C19H23Cl3O3S. The molecule has 0 spiro atoms. The Bertz CT molecular complexity index is 618. The van der Waals surface area contributed by atoms with Gasteiger partial charge in [-0.2, -0.15) is 0 Å². The van der Waals surface area contributed by atoms with E-state index < -0.39 is 12.1 Å². The van der Waals surface area contributed by atoms with Gasteiger partial charge in [-0.3, -0.25) is 4.79 Å². The minimum absolute atomic E-state index is 0.0535. The summed E-state index contributed by atoms with van der Waals surface area (Å²) >= 11 is 20.2. The van der Waals surface area contributed by atoms with Gasteiger partial charge in [0.25, 0.3) is 0 Å². The number of carbonyl (C=O) groups is 1. The molecule has 2 N–H and O–H groups in total. The first-order valence-corrected chi connectivity index (χ1v) is 10.8. The number of thioether (sulfide) groups is 1. The van der Waals surface area contributed by atoms with Gasteiger partial charge in [-0.1, -0.05) is 35.4 Å². The molecule has 0 bridgehead atoms. The Hall–Kier alpha value is -0.390. The molecule has 0 radical (unpaired) electrons. The highest BCUT2D eigenvalue weighted by Gasteiger charge is 2.40. The lowest BCUT2D eigenvalue weighted by molar-refractivity contribution is -0.137. The molecule has 1 aromatic carbocycles. The zero-order chi connectivity index (χ0) is 19.1. The number of rotatable bonds is 9. The minimum Gasteiger partial charge on any atom is -0.481 e. The number of hydrogen-bond acceptors (Lipinski definition) is 3. The van der Waals surface area contributed by atoms with E-state index in [1.807, 2.05) is 18.2 Å². The molecule has 4 atom stereocenters. The van der Waals surface area contributed by atoms with Gasteiger partial charge in [0, 0.05) is 32.5 Å². The van der Waals surface area contributed by atoms with E-state index in [-0.39, 0.29) is 23.6 Å². The molecule has 7 heteroatoms. The fraction of sp³-hybridized carbons (Fsp3) is 0.526. The number of aliphatic carboxylic acids is 1. The number of alkyl halides is 1. The van der Waals surface area contributed by atoms with Crippen LogP contribution < -0.4 is 0 Å². The van der Waals surface area contributed by atoms with Crippen LogP contribution in [0.15, 0.2) is 35.2 Å². The predicted molar refractivity (Wildman–Crippen MR) is 110 cm³/mol. The van der Waals surface area contributed by atoms with E-state index in [1.165, 1.54) is 0 Å². The molecule has 0 amide bonds. The van der Waals surface area contributed by atoms with Gasteiger partial charge in [0.1, 0.15) is 0 Å². The van der Waals surface area contributed by atoms with Gasteiger partial charge >= 0.3 is 5.97 Å². The maximum atomic E-state index is 10.5. The zero-order valence-electron chi connectivity index (χ0n) is 14.3. The quantitative estimate of drug-likeness (QED) is 0.219. The van der Waals surface area contributed by atoms with Crippen LogP contribution in [0.25, 0.3) is 0 Å². The number of carboxylic acid groups (broad SMARTS) is 1. The van der Waals surface area contributed by atoms with Crippen LogP contribution in [-0.2, 0) is 4.79 Å². The summed E-state index contributed by atoms with van der Waals surface area (Å²) in [4.78, 5) is 11.5. The van der Waals surface area contributed by atoms with Gasteiger partial charge < -0.3 is 10.2 Å². The van der Waals surface area contributed by atoms with Gasteiger partial charge in [-0.05, 0) is 55.7 Å². The Balaban J connectivity index is 1.88. The van der Waals surface area contributed by atoms with Crippen molar-refractivity contribution in [3.05, 3.63) is 40.4 Å². The molecule has 1 aliphatic rings. The molecule has 2 rings (SSSR count). The molecular weight excluding hydrogens is 415 g/mol. The average Bonchev–Trinajstić information content (AvgIpc) is 2.81. The first-order valence-electron chi connectivity index (χ1n) is 8.64. The van der Waals surface area contributed by atoms with Gasteiger partial charge in [-0.25, -0.2) is 0 Å². The summed E-state index contributed by atoms with van der Waals surface area (Å²) < 4.78 is 0. The molecule has 0 aliphatic heterocycles. The standard InChI is InChI=1S/C19H23Cl3O3S/c20-12-7-13(21)9-14(8-12)26-11-16-15(17(22)10-18(16)23)5-3-1-2-4-6-19(24)25/h1,3,7-9,15-18,23H,2,4-6,10-11H2,(H,24,25)/b3-1-/t15-,16-,17-,18-/m1/s1. The highest BCUT2D eigenvalue weighted by molar-refractivity contribution is 7.99. The van der Waals surface area contributed by atoms with Gasteiger partial charge in [0.2, 0.25) is 0 Å². The summed E-state index contributed by atoms with van der Waals surface area (Å²) in [5.74, 6) is 0.281. The summed E-state index contributed by atoms with van der Waals surface area (Å²) in [6, 6.07) is 5.44. The van der Waals surface area contributed by atoms with E-state index in [9.17, 15) is 9.90 Å². The third kappa shape index (κ3) is 6.97. The molecule has 1 fully saturated rings. The van der Waals surface area contributed by atoms with Crippen LogP contribution in [0, 0.1) is 11.8 Å². The fourth-order valence-corrected chi connectivity index (χ4v) is 5.64. The first-order chi connectivity index (χ1) is 12.4. The SMILES string of the molecule is O=C(O)CCC/C=C\C[C@@H]1[C@@H](CSc2cc(Cl)cc(Cl)c2)[C@H](O)C[C@H]1Cl. The second kappa shape index (κ2) is 10.8. The Kier molecular flexibility index (Phi) is 9.11. The number of unbranched alkanes of at least 4 members (excludes halogenated alkanes) is 1. The minimum atomic E-state index is -0.767.